The molecule has 1 atom stereocenters. The number of hydrogen-bond donors (Lipinski definition) is 2. The normalized spacial score (nSPS) is 11.9. The number of nitro benzene ring substituents is 1. The van der Waals surface area contributed by atoms with E-state index < -0.39 is 10.2 Å². The monoisotopic (exact) mass is 452 g/mol. The van der Waals surface area contributed by atoms with Gasteiger partial charge in [0.25, 0.3) is 5.69 Å². The number of thioether (sulfide) groups is 1. The Kier molecular flexibility index (Phi) is 6.13. The van der Waals surface area contributed by atoms with Crippen LogP contribution in [0, 0.1) is 17.0 Å². The van der Waals surface area contributed by atoms with Gasteiger partial charge >= 0.3 is 0 Å². The van der Waals surface area contributed by atoms with Crippen molar-refractivity contribution in [1.29, 1.82) is 0 Å². The number of benzene rings is 1. The summed E-state index contributed by atoms with van der Waals surface area (Å²) in [5.74, 6) is 0.904. The third-order valence-corrected chi connectivity index (χ3v) is 6.06. The third-order valence-electron chi connectivity index (χ3n) is 4.81. The van der Waals surface area contributed by atoms with Gasteiger partial charge in [0.15, 0.2) is 16.7 Å². The molecule has 1 amide bonds. The van der Waals surface area contributed by atoms with Gasteiger partial charge < -0.3 is 19.1 Å². The number of aromatic amines is 1. The molecule has 3 aromatic heterocycles. The Hall–Kier alpha value is -3.79. The fourth-order valence-electron chi connectivity index (χ4n) is 3.13. The number of nitro groups is 1. The summed E-state index contributed by atoms with van der Waals surface area (Å²) in [7, 11) is 0. The summed E-state index contributed by atoms with van der Waals surface area (Å²) < 4.78 is 11.0. The first-order chi connectivity index (χ1) is 15.5. The summed E-state index contributed by atoms with van der Waals surface area (Å²) in [5.41, 5.74) is 2.30. The average Bonchev–Trinajstić information content (AvgIpc) is 3.54. The smallest absolute Gasteiger partial charge is 0.271 e. The number of H-pyrrole nitrogens is 1. The van der Waals surface area contributed by atoms with Crippen molar-refractivity contribution >= 4 is 29.0 Å². The van der Waals surface area contributed by atoms with Crippen molar-refractivity contribution in [1.82, 2.24) is 9.97 Å². The first-order valence-electron chi connectivity index (χ1n) is 9.86. The van der Waals surface area contributed by atoms with E-state index >= 15 is 0 Å². The zero-order valence-electron chi connectivity index (χ0n) is 17.3. The van der Waals surface area contributed by atoms with Crippen LogP contribution in [0.5, 0.6) is 0 Å². The Morgan fingerprint density at radius 3 is 2.56 bits per heavy atom. The second kappa shape index (κ2) is 9.15. The van der Waals surface area contributed by atoms with Crippen LogP contribution in [0.1, 0.15) is 18.9 Å². The fourth-order valence-corrected chi connectivity index (χ4v) is 4.03. The first kappa shape index (κ1) is 21.4. The van der Waals surface area contributed by atoms with E-state index in [2.05, 4.69) is 15.3 Å². The Morgan fingerprint density at radius 2 is 1.94 bits per heavy atom. The Balaban J connectivity index is 1.58. The summed E-state index contributed by atoms with van der Waals surface area (Å²) in [6.07, 6.45) is 3.66. The van der Waals surface area contributed by atoms with Gasteiger partial charge in [-0.3, -0.25) is 14.9 Å². The second-order valence-corrected chi connectivity index (χ2v) is 8.17. The van der Waals surface area contributed by atoms with E-state index in [1.807, 2.05) is 13.0 Å². The minimum Gasteiger partial charge on any atom is -0.463 e. The predicted molar refractivity (Wildman–Crippen MR) is 120 cm³/mol. The van der Waals surface area contributed by atoms with Gasteiger partial charge in [-0.05, 0) is 43.2 Å². The number of furan rings is 2. The van der Waals surface area contributed by atoms with Crippen LogP contribution >= 0.6 is 11.8 Å². The number of hydrogen-bond acceptors (Lipinski definition) is 7. The molecule has 0 saturated heterocycles. The minimum atomic E-state index is -0.490. The Morgan fingerprint density at radius 1 is 1.22 bits per heavy atom. The molecule has 0 spiro atoms. The Labute approximate surface area is 187 Å². The topological polar surface area (TPSA) is 127 Å². The molecule has 10 heteroatoms. The number of rotatable bonds is 8. The van der Waals surface area contributed by atoms with Gasteiger partial charge in [0, 0.05) is 12.1 Å². The molecule has 0 saturated carbocycles. The van der Waals surface area contributed by atoms with Crippen LogP contribution in [0.15, 0.2) is 69.0 Å². The lowest BCUT2D eigenvalue weighted by Crippen LogP contribution is -2.25. The van der Waals surface area contributed by atoms with Crippen LogP contribution in [0.25, 0.3) is 22.9 Å². The lowest BCUT2D eigenvalue weighted by molar-refractivity contribution is -0.384. The summed E-state index contributed by atoms with van der Waals surface area (Å²) in [6.45, 7) is 3.67. The number of aromatic nitrogens is 2. The van der Waals surface area contributed by atoms with Crippen LogP contribution in [0.3, 0.4) is 0 Å². The van der Waals surface area contributed by atoms with E-state index in [0.717, 1.165) is 5.56 Å². The maximum absolute atomic E-state index is 12.9. The highest BCUT2D eigenvalue weighted by Crippen LogP contribution is 2.35. The zero-order chi connectivity index (χ0) is 22.7. The molecule has 0 aliphatic heterocycles. The molecule has 4 rings (SSSR count). The number of nitrogens with one attached hydrogen (secondary N) is 2. The number of nitrogens with zero attached hydrogens (tertiary/aromatic N) is 2. The van der Waals surface area contributed by atoms with Gasteiger partial charge in [0.2, 0.25) is 5.91 Å². The van der Waals surface area contributed by atoms with Gasteiger partial charge in [-0.1, -0.05) is 24.8 Å². The Bertz CT molecular complexity index is 1180. The molecule has 0 aliphatic carbocycles. The molecule has 1 unspecified atom stereocenters. The zero-order valence-corrected chi connectivity index (χ0v) is 18.1. The van der Waals surface area contributed by atoms with Crippen molar-refractivity contribution in [3.05, 3.63) is 70.7 Å². The molecule has 0 bridgehead atoms. The molecular weight excluding hydrogens is 432 g/mol. The second-order valence-electron chi connectivity index (χ2n) is 6.98. The molecule has 0 fully saturated rings. The highest BCUT2D eigenvalue weighted by Gasteiger charge is 2.24. The fraction of sp³-hybridized carbons (Fsp3) is 0.182. The summed E-state index contributed by atoms with van der Waals surface area (Å²) in [4.78, 5) is 31.4. The van der Waals surface area contributed by atoms with Gasteiger partial charge in [-0.25, -0.2) is 4.98 Å². The van der Waals surface area contributed by atoms with E-state index in [4.69, 9.17) is 8.83 Å². The molecule has 9 nitrogen and oxygen atoms in total. The molecule has 0 aliphatic rings. The lowest BCUT2D eigenvalue weighted by Gasteiger charge is -2.14. The minimum absolute atomic E-state index is 0.0798. The number of carbonyl (C=O) groups is 1. The maximum Gasteiger partial charge on any atom is 0.271 e. The number of carbonyl (C=O) groups excluding carboxylic acids is 1. The number of aryl methyl sites for hydroxylation is 1. The summed E-state index contributed by atoms with van der Waals surface area (Å²) in [5, 5.41) is 13.9. The number of imidazole rings is 1. The van der Waals surface area contributed by atoms with Crippen molar-refractivity contribution in [2.45, 2.75) is 30.7 Å². The number of non-ortho nitro benzene ring substituents is 1. The largest absolute Gasteiger partial charge is 0.463 e. The molecule has 164 valence electrons. The van der Waals surface area contributed by atoms with E-state index in [1.54, 1.807) is 43.7 Å². The van der Waals surface area contributed by atoms with Crippen molar-refractivity contribution in [2.24, 2.45) is 0 Å². The first-order valence-corrected chi connectivity index (χ1v) is 10.7. The highest BCUT2D eigenvalue weighted by atomic mass is 32.2. The van der Waals surface area contributed by atoms with Crippen LogP contribution in [-0.2, 0) is 4.79 Å². The van der Waals surface area contributed by atoms with E-state index in [0.29, 0.717) is 40.2 Å². The molecule has 4 aromatic rings. The standard InChI is InChI=1S/C22H20N4O5S/c1-3-18(21(27)23-15-12-14(26(28)29)9-8-13(15)2)32-22-24-19(16-6-4-10-30-16)20(25-22)17-7-5-11-31-17/h4-12,18H,3H2,1-2H3,(H,23,27)(H,24,25). The maximum atomic E-state index is 12.9. The molecule has 3 heterocycles. The quantitative estimate of drug-likeness (QED) is 0.201. The summed E-state index contributed by atoms with van der Waals surface area (Å²) in [6, 6.07) is 11.5. The van der Waals surface area contributed by atoms with Crippen molar-refractivity contribution in [3.63, 3.8) is 0 Å². The van der Waals surface area contributed by atoms with Gasteiger partial charge in [0.05, 0.1) is 28.4 Å². The highest BCUT2D eigenvalue weighted by molar-refractivity contribution is 8.00. The van der Waals surface area contributed by atoms with Crippen molar-refractivity contribution < 1.29 is 18.6 Å². The third kappa shape index (κ3) is 4.45. The van der Waals surface area contributed by atoms with E-state index in [1.165, 1.54) is 23.9 Å². The van der Waals surface area contributed by atoms with Crippen LogP contribution in [-0.4, -0.2) is 26.0 Å². The lowest BCUT2D eigenvalue weighted by atomic mass is 10.1. The predicted octanol–water partition coefficient (Wildman–Crippen LogP) is 5.66. The van der Waals surface area contributed by atoms with Crippen LogP contribution < -0.4 is 5.32 Å². The molecule has 2 N–H and O–H groups in total. The molecular formula is C22H20N4O5S. The molecule has 0 radical (unpaired) electrons. The van der Waals surface area contributed by atoms with E-state index in [-0.39, 0.29) is 11.6 Å². The van der Waals surface area contributed by atoms with Crippen LogP contribution in [0.4, 0.5) is 11.4 Å². The van der Waals surface area contributed by atoms with Crippen molar-refractivity contribution in [3.8, 4) is 22.9 Å². The molecule has 1 aromatic carbocycles. The summed E-state index contributed by atoms with van der Waals surface area (Å²) >= 11 is 1.27. The molecule has 32 heavy (non-hydrogen) atoms. The van der Waals surface area contributed by atoms with Crippen molar-refractivity contribution in [2.75, 3.05) is 5.32 Å². The number of amides is 1. The SMILES string of the molecule is CCC(Sc1nc(-c2ccco2)c(-c2ccco2)[nH]1)C(=O)Nc1cc([N+](=O)[O-])ccc1C. The van der Waals surface area contributed by atoms with Gasteiger partial charge in [0.1, 0.15) is 11.4 Å². The van der Waals surface area contributed by atoms with Crippen LogP contribution in [0.2, 0.25) is 0 Å². The van der Waals surface area contributed by atoms with Gasteiger partial charge in [-0.2, -0.15) is 0 Å². The number of anilines is 1. The van der Waals surface area contributed by atoms with E-state index in [9.17, 15) is 14.9 Å². The van der Waals surface area contributed by atoms with Gasteiger partial charge in [-0.15, -0.1) is 0 Å². The average molecular weight is 452 g/mol.